The first kappa shape index (κ1) is 23.2. The van der Waals surface area contributed by atoms with E-state index in [2.05, 4.69) is 25.5 Å². The van der Waals surface area contributed by atoms with Crippen molar-refractivity contribution < 1.29 is 14.3 Å². The second-order valence-corrected chi connectivity index (χ2v) is 9.89. The normalized spacial score (nSPS) is 12.0. The molecule has 0 radical (unpaired) electrons. The van der Waals surface area contributed by atoms with E-state index >= 15 is 0 Å². The molecule has 0 saturated heterocycles. The van der Waals surface area contributed by atoms with Gasteiger partial charge in [-0.1, -0.05) is 36.0 Å². The van der Waals surface area contributed by atoms with Gasteiger partial charge < -0.3 is 14.8 Å². The fraction of sp³-hybridized carbons (Fsp3) is 0.115. The molecule has 11 heteroatoms. The van der Waals surface area contributed by atoms with Crippen molar-refractivity contribution in [3.63, 3.8) is 0 Å². The van der Waals surface area contributed by atoms with E-state index in [1.807, 2.05) is 65.2 Å². The minimum atomic E-state index is -0.225. The van der Waals surface area contributed by atoms with Crippen LogP contribution in [0.15, 0.2) is 83.6 Å². The number of fused-ring (bicyclic) bond motifs is 1. The summed E-state index contributed by atoms with van der Waals surface area (Å²) in [5, 5.41) is 15.1. The van der Waals surface area contributed by atoms with Gasteiger partial charge in [0, 0.05) is 35.6 Å². The Bertz CT molecular complexity index is 1540. The number of aromatic nitrogens is 5. The number of pyridine rings is 1. The van der Waals surface area contributed by atoms with Crippen LogP contribution in [0.25, 0.3) is 17.1 Å². The van der Waals surface area contributed by atoms with E-state index in [-0.39, 0.29) is 12.7 Å². The summed E-state index contributed by atoms with van der Waals surface area (Å²) in [6, 6.07) is 19.4. The van der Waals surface area contributed by atoms with Gasteiger partial charge in [0.25, 0.3) is 5.91 Å². The Labute approximate surface area is 220 Å². The maximum atomic E-state index is 12.7. The number of ether oxygens (including phenoxy) is 2. The summed E-state index contributed by atoms with van der Waals surface area (Å²) in [6.45, 7) is 0.589. The molecule has 37 heavy (non-hydrogen) atoms. The molecule has 9 nitrogen and oxygen atoms in total. The third kappa shape index (κ3) is 5.04. The molecule has 1 N–H and O–H groups in total. The summed E-state index contributed by atoms with van der Waals surface area (Å²) in [5.74, 6) is 2.45. The van der Waals surface area contributed by atoms with E-state index in [1.165, 1.54) is 23.1 Å². The molecule has 0 bridgehead atoms. The molecule has 0 spiro atoms. The molecular weight excluding hydrogens is 508 g/mol. The number of amides is 1. The minimum absolute atomic E-state index is 0.219. The first-order valence-corrected chi connectivity index (χ1v) is 13.3. The number of thiazole rings is 1. The SMILES string of the molecule is O=C(NCc1ccc2c(c1)OCO2)c1csc(CSc2nnc(-c3cccnc3)n2-c2ccccc2)n1. The van der Waals surface area contributed by atoms with Crippen LogP contribution in [0.2, 0.25) is 0 Å². The van der Waals surface area contributed by atoms with Crippen LogP contribution in [0.3, 0.4) is 0 Å². The second-order valence-electron chi connectivity index (χ2n) is 8.00. The average molecular weight is 529 g/mol. The van der Waals surface area contributed by atoms with Gasteiger partial charge in [-0.15, -0.1) is 21.5 Å². The van der Waals surface area contributed by atoms with Gasteiger partial charge >= 0.3 is 0 Å². The topological polar surface area (TPSA) is 104 Å². The summed E-state index contributed by atoms with van der Waals surface area (Å²) >= 11 is 2.96. The molecule has 184 valence electrons. The Morgan fingerprint density at radius 3 is 2.81 bits per heavy atom. The van der Waals surface area contributed by atoms with Crippen LogP contribution >= 0.6 is 23.1 Å². The van der Waals surface area contributed by atoms with Crippen LogP contribution in [0, 0.1) is 0 Å². The van der Waals surface area contributed by atoms with Crippen molar-refractivity contribution in [3.05, 3.63) is 94.7 Å². The molecule has 6 rings (SSSR count). The monoisotopic (exact) mass is 528 g/mol. The number of nitrogens with one attached hydrogen (secondary N) is 1. The van der Waals surface area contributed by atoms with E-state index in [0.717, 1.165) is 27.0 Å². The third-order valence-electron chi connectivity index (χ3n) is 5.57. The molecule has 1 aliphatic heterocycles. The molecule has 0 aliphatic carbocycles. The number of hydrogen-bond donors (Lipinski definition) is 1. The van der Waals surface area contributed by atoms with Gasteiger partial charge in [0.1, 0.15) is 10.7 Å². The van der Waals surface area contributed by atoms with Gasteiger partial charge in [-0.05, 0) is 42.0 Å². The summed E-state index contributed by atoms with van der Waals surface area (Å²) in [4.78, 5) is 21.4. The summed E-state index contributed by atoms with van der Waals surface area (Å²) in [5.41, 5.74) is 3.15. The lowest BCUT2D eigenvalue weighted by Crippen LogP contribution is -2.23. The molecule has 0 saturated carbocycles. The van der Waals surface area contributed by atoms with Gasteiger partial charge in [0.2, 0.25) is 6.79 Å². The first-order chi connectivity index (χ1) is 18.2. The lowest BCUT2D eigenvalue weighted by atomic mass is 10.2. The highest BCUT2D eigenvalue weighted by molar-refractivity contribution is 7.98. The summed E-state index contributed by atoms with van der Waals surface area (Å²) in [6.07, 6.45) is 3.50. The Morgan fingerprint density at radius 1 is 1.05 bits per heavy atom. The largest absolute Gasteiger partial charge is 0.454 e. The molecular formula is C26H20N6O3S2. The lowest BCUT2D eigenvalue weighted by molar-refractivity contribution is 0.0946. The van der Waals surface area contributed by atoms with Gasteiger partial charge in [0.15, 0.2) is 22.5 Å². The van der Waals surface area contributed by atoms with Crippen LogP contribution in [-0.4, -0.2) is 37.4 Å². The maximum Gasteiger partial charge on any atom is 0.271 e. The predicted molar refractivity (Wildman–Crippen MR) is 140 cm³/mol. The molecule has 4 heterocycles. The van der Waals surface area contributed by atoms with Gasteiger partial charge in [-0.3, -0.25) is 14.3 Å². The van der Waals surface area contributed by atoms with E-state index in [4.69, 9.17) is 9.47 Å². The van der Waals surface area contributed by atoms with Crippen molar-refractivity contribution in [1.82, 2.24) is 30.0 Å². The van der Waals surface area contributed by atoms with Gasteiger partial charge in [-0.2, -0.15) is 0 Å². The molecule has 0 fully saturated rings. The molecule has 0 unspecified atom stereocenters. The van der Waals surface area contributed by atoms with E-state index in [9.17, 15) is 4.79 Å². The lowest BCUT2D eigenvalue weighted by Gasteiger charge is -2.09. The number of benzene rings is 2. The Morgan fingerprint density at radius 2 is 1.95 bits per heavy atom. The van der Waals surface area contributed by atoms with E-state index in [0.29, 0.717) is 35.3 Å². The number of hydrogen-bond acceptors (Lipinski definition) is 9. The van der Waals surface area contributed by atoms with Crippen LogP contribution < -0.4 is 14.8 Å². The standard InChI is InChI=1S/C26H20N6O3S2/c33-25(28-12-17-8-9-21-22(11-17)35-16-34-21)20-14-36-23(29-20)15-37-26-31-30-24(18-5-4-10-27-13-18)32(26)19-6-2-1-3-7-19/h1-11,13-14H,12,15-16H2,(H,28,33). The number of rotatable bonds is 8. The van der Waals surface area contributed by atoms with E-state index < -0.39 is 0 Å². The molecule has 1 amide bonds. The number of carbonyl (C=O) groups is 1. The number of nitrogens with zero attached hydrogens (tertiary/aromatic N) is 5. The minimum Gasteiger partial charge on any atom is -0.454 e. The fourth-order valence-electron chi connectivity index (χ4n) is 3.79. The first-order valence-electron chi connectivity index (χ1n) is 11.4. The van der Waals surface area contributed by atoms with Gasteiger partial charge in [0.05, 0.1) is 5.75 Å². The van der Waals surface area contributed by atoms with Crippen LogP contribution in [0.4, 0.5) is 0 Å². The highest BCUT2D eigenvalue weighted by Crippen LogP contribution is 2.33. The predicted octanol–water partition coefficient (Wildman–Crippen LogP) is 4.74. The maximum absolute atomic E-state index is 12.7. The highest BCUT2D eigenvalue weighted by Gasteiger charge is 2.18. The van der Waals surface area contributed by atoms with Gasteiger partial charge in [-0.25, -0.2) is 4.98 Å². The van der Waals surface area contributed by atoms with Crippen LogP contribution in [0.5, 0.6) is 11.5 Å². The molecule has 0 atom stereocenters. The van der Waals surface area contributed by atoms with Crippen molar-refractivity contribution in [2.45, 2.75) is 17.5 Å². The average Bonchev–Trinajstić information content (AvgIpc) is 3.71. The van der Waals surface area contributed by atoms with Crippen molar-refractivity contribution in [2.75, 3.05) is 6.79 Å². The van der Waals surface area contributed by atoms with Crippen molar-refractivity contribution in [2.24, 2.45) is 0 Å². The summed E-state index contributed by atoms with van der Waals surface area (Å²) in [7, 11) is 0. The number of thioether (sulfide) groups is 1. The molecule has 2 aromatic carbocycles. The number of carbonyl (C=O) groups excluding carboxylic acids is 1. The molecule has 3 aromatic heterocycles. The van der Waals surface area contributed by atoms with Crippen molar-refractivity contribution in [3.8, 4) is 28.6 Å². The van der Waals surface area contributed by atoms with Crippen LogP contribution in [0.1, 0.15) is 21.1 Å². The number of para-hydroxylation sites is 1. The van der Waals surface area contributed by atoms with E-state index in [1.54, 1.807) is 17.8 Å². The second kappa shape index (κ2) is 10.4. The Hall–Kier alpha value is -4.22. The van der Waals surface area contributed by atoms with Crippen molar-refractivity contribution >= 4 is 29.0 Å². The van der Waals surface area contributed by atoms with Crippen LogP contribution in [-0.2, 0) is 12.3 Å². The third-order valence-corrected chi connectivity index (χ3v) is 7.54. The summed E-state index contributed by atoms with van der Waals surface area (Å²) < 4.78 is 12.7. The smallest absolute Gasteiger partial charge is 0.271 e. The zero-order chi connectivity index (χ0) is 25.0. The molecule has 5 aromatic rings. The Kier molecular flexibility index (Phi) is 6.53. The quantitative estimate of drug-likeness (QED) is 0.288. The Balaban J connectivity index is 1.14. The zero-order valence-corrected chi connectivity index (χ0v) is 21.0. The molecule has 1 aliphatic rings. The fourth-order valence-corrected chi connectivity index (χ4v) is 5.53. The van der Waals surface area contributed by atoms with Crippen molar-refractivity contribution in [1.29, 1.82) is 0 Å². The highest BCUT2D eigenvalue weighted by atomic mass is 32.2. The zero-order valence-electron chi connectivity index (χ0n) is 19.4.